The van der Waals surface area contributed by atoms with Gasteiger partial charge in [-0.1, -0.05) is 222 Å². The number of nitrogens with one attached hydrogen (secondary N) is 1. The number of esters is 1. The second-order valence-corrected chi connectivity index (χ2v) is 22.5. The van der Waals surface area contributed by atoms with Crippen LogP contribution in [0.3, 0.4) is 0 Å². The molecule has 1 N–H and O–H groups in total. The molecule has 0 aliphatic heterocycles. The van der Waals surface area contributed by atoms with Crippen LogP contribution in [0.4, 0.5) is 0 Å². The normalized spacial score (nSPS) is 14.3. The van der Waals surface area contributed by atoms with E-state index in [0.29, 0.717) is 17.4 Å². The number of carbonyl (C=O) groups excluding carboxylic acids is 2. The first-order valence-electron chi connectivity index (χ1n) is 29.7. The minimum atomic E-state index is -4.70. The number of carbonyl (C=O) groups is 2. The SMILES string of the molecule is CC/C=C/C/C=C/CCCCCCCCCC(=O)OC(/C=C\CCCCCCCCCCCCC)C(COP(=O)([O-])OCC[N+](C)(C)C)NC(=O)CCCCCCCC/C=C\C/C=C\C/C=C\CCCCC. The van der Waals surface area contributed by atoms with E-state index in [1.54, 1.807) is 0 Å². The standard InChI is InChI=1S/C62H113N2O7P/c1-7-10-13-16-19-22-25-28-30-31-32-33-34-36-39-42-45-48-51-54-61(65)63-59(58-70-72(67,68)69-57-56-64(4,5)6)60(53-50-47-44-41-38-35-27-24-21-18-15-12-9-3)71-62(66)55-52-49-46-43-40-37-29-26-23-20-17-14-11-8-2/h11,14,19-20,22-23,28,30,32-33,50,53,59-60H,7-10,12-13,15-18,21,24-27,29,31,34-49,51-52,54-58H2,1-6H3,(H-,63,65,67,68)/b14-11+,22-19-,23-20+,30-28-,33-32-,53-50-. The molecule has 0 spiro atoms. The van der Waals surface area contributed by atoms with E-state index >= 15 is 0 Å². The first kappa shape index (κ1) is 69.5. The van der Waals surface area contributed by atoms with Gasteiger partial charge in [-0.3, -0.25) is 14.2 Å². The molecule has 0 aromatic carbocycles. The Hall–Kier alpha value is -2.55. The molecule has 3 unspecified atom stereocenters. The van der Waals surface area contributed by atoms with E-state index in [-0.39, 0.29) is 24.9 Å². The maximum atomic E-state index is 13.5. The van der Waals surface area contributed by atoms with Crippen LogP contribution in [0, 0.1) is 0 Å². The second kappa shape index (κ2) is 51.9. The van der Waals surface area contributed by atoms with Gasteiger partial charge in [-0.25, -0.2) is 0 Å². The fourth-order valence-electron chi connectivity index (χ4n) is 8.27. The number of phosphoric acid groups is 1. The summed E-state index contributed by atoms with van der Waals surface area (Å²) in [5.41, 5.74) is 0. The molecule has 0 aromatic rings. The lowest BCUT2D eigenvalue weighted by molar-refractivity contribution is -0.870. The summed E-state index contributed by atoms with van der Waals surface area (Å²) < 4.78 is 30.3. The molecule has 3 atom stereocenters. The van der Waals surface area contributed by atoms with Gasteiger partial charge in [0, 0.05) is 12.8 Å². The van der Waals surface area contributed by atoms with Crippen LogP contribution in [-0.4, -0.2) is 69.4 Å². The number of hydrogen-bond acceptors (Lipinski definition) is 7. The second-order valence-electron chi connectivity index (χ2n) is 21.1. The number of phosphoric ester groups is 1. The zero-order valence-corrected chi connectivity index (χ0v) is 48.5. The van der Waals surface area contributed by atoms with Crippen LogP contribution in [0.2, 0.25) is 0 Å². The lowest BCUT2D eigenvalue weighted by atomic mass is 10.0. The molecule has 0 bridgehead atoms. The first-order valence-corrected chi connectivity index (χ1v) is 31.2. The van der Waals surface area contributed by atoms with Gasteiger partial charge in [0.2, 0.25) is 5.91 Å². The van der Waals surface area contributed by atoms with Crippen molar-refractivity contribution in [2.75, 3.05) is 40.9 Å². The molecule has 10 heteroatoms. The number of nitrogens with zero attached hydrogens (tertiary/aromatic N) is 1. The Morgan fingerprint density at radius 2 is 0.889 bits per heavy atom. The smallest absolute Gasteiger partial charge is 0.306 e. The van der Waals surface area contributed by atoms with E-state index in [1.807, 2.05) is 33.3 Å². The number of ether oxygens (including phenoxy) is 1. The molecule has 1 amide bonds. The quantitative estimate of drug-likeness (QED) is 0.0212. The van der Waals surface area contributed by atoms with E-state index in [2.05, 4.69) is 86.8 Å². The Balaban J connectivity index is 5.35. The summed E-state index contributed by atoms with van der Waals surface area (Å²) in [6.45, 7) is 6.70. The number of quaternary nitrogens is 1. The third-order valence-electron chi connectivity index (χ3n) is 12.9. The Bertz CT molecular complexity index is 1460. The van der Waals surface area contributed by atoms with Gasteiger partial charge in [0.15, 0.2) is 0 Å². The summed E-state index contributed by atoms with van der Waals surface area (Å²) in [4.78, 5) is 39.9. The Morgan fingerprint density at radius 1 is 0.500 bits per heavy atom. The number of hydrogen-bond donors (Lipinski definition) is 1. The first-order chi connectivity index (χ1) is 34.9. The van der Waals surface area contributed by atoms with Gasteiger partial charge in [-0.05, 0) is 96.0 Å². The highest BCUT2D eigenvalue weighted by molar-refractivity contribution is 7.45. The number of unbranched alkanes of at least 4 members (excludes halogenated alkanes) is 27. The molecular formula is C62H113N2O7P. The van der Waals surface area contributed by atoms with Gasteiger partial charge >= 0.3 is 5.97 Å². The number of amides is 1. The third-order valence-corrected chi connectivity index (χ3v) is 13.8. The molecule has 0 fully saturated rings. The van der Waals surface area contributed by atoms with Crippen molar-refractivity contribution < 1.29 is 37.3 Å². The number of rotatable bonds is 53. The van der Waals surface area contributed by atoms with Crippen molar-refractivity contribution in [3.05, 3.63) is 72.9 Å². The topological polar surface area (TPSA) is 114 Å². The Labute approximate surface area is 444 Å². The average Bonchev–Trinajstić information content (AvgIpc) is 3.34. The molecular weight excluding hydrogens is 916 g/mol. The Morgan fingerprint density at radius 3 is 1.36 bits per heavy atom. The molecule has 0 saturated heterocycles. The Kier molecular flexibility index (Phi) is 50.1. The van der Waals surface area contributed by atoms with Crippen molar-refractivity contribution in [3.63, 3.8) is 0 Å². The molecule has 418 valence electrons. The molecule has 72 heavy (non-hydrogen) atoms. The third kappa shape index (κ3) is 52.3. The van der Waals surface area contributed by atoms with E-state index in [1.165, 1.54) is 103 Å². The summed E-state index contributed by atoms with van der Waals surface area (Å²) in [6.07, 6.45) is 65.7. The van der Waals surface area contributed by atoms with E-state index in [0.717, 1.165) is 122 Å². The van der Waals surface area contributed by atoms with E-state index in [9.17, 15) is 19.0 Å². The molecule has 0 radical (unpaired) electrons. The van der Waals surface area contributed by atoms with Crippen molar-refractivity contribution in [1.82, 2.24) is 5.32 Å². The molecule has 0 aliphatic carbocycles. The molecule has 0 aromatic heterocycles. The minimum Gasteiger partial charge on any atom is -0.756 e. The molecule has 0 saturated carbocycles. The van der Waals surface area contributed by atoms with Crippen LogP contribution in [0.5, 0.6) is 0 Å². The summed E-state index contributed by atoms with van der Waals surface area (Å²) in [5.74, 6) is -0.565. The lowest BCUT2D eigenvalue weighted by Gasteiger charge is -2.30. The van der Waals surface area contributed by atoms with Crippen LogP contribution in [-0.2, 0) is 27.9 Å². The maximum absolute atomic E-state index is 13.5. The van der Waals surface area contributed by atoms with Gasteiger partial charge in [-0.2, -0.15) is 0 Å². The number of allylic oxidation sites excluding steroid dienone is 11. The van der Waals surface area contributed by atoms with Crippen LogP contribution in [0.15, 0.2) is 72.9 Å². The summed E-state index contributed by atoms with van der Waals surface area (Å²) in [6, 6.07) is -0.900. The molecule has 0 heterocycles. The van der Waals surface area contributed by atoms with Crippen molar-refractivity contribution in [1.29, 1.82) is 0 Å². The fourth-order valence-corrected chi connectivity index (χ4v) is 8.99. The van der Waals surface area contributed by atoms with Crippen molar-refractivity contribution in [3.8, 4) is 0 Å². The van der Waals surface area contributed by atoms with Gasteiger partial charge in [0.1, 0.15) is 19.3 Å². The van der Waals surface area contributed by atoms with E-state index < -0.39 is 26.6 Å². The van der Waals surface area contributed by atoms with Crippen molar-refractivity contribution in [2.45, 2.75) is 270 Å². The van der Waals surface area contributed by atoms with Crippen LogP contribution in [0.1, 0.15) is 258 Å². The lowest BCUT2D eigenvalue weighted by Crippen LogP contribution is -2.47. The predicted molar refractivity (Wildman–Crippen MR) is 307 cm³/mol. The number of likely N-dealkylation sites (N-methyl/N-ethyl adjacent to an activating group) is 1. The minimum absolute atomic E-state index is 0.0288. The van der Waals surface area contributed by atoms with Crippen LogP contribution >= 0.6 is 7.82 Å². The molecule has 0 rings (SSSR count). The highest BCUT2D eigenvalue weighted by Gasteiger charge is 2.27. The fraction of sp³-hybridized carbons (Fsp3) is 0.774. The van der Waals surface area contributed by atoms with Crippen LogP contribution < -0.4 is 10.2 Å². The van der Waals surface area contributed by atoms with Gasteiger partial charge < -0.3 is 28.5 Å². The van der Waals surface area contributed by atoms with Crippen LogP contribution in [0.25, 0.3) is 0 Å². The summed E-state index contributed by atoms with van der Waals surface area (Å²) in [5, 5.41) is 3.02. The van der Waals surface area contributed by atoms with E-state index in [4.69, 9.17) is 13.8 Å². The predicted octanol–water partition coefficient (Wildman–Crippen LogP) is 17.4. The van der Waals surface area contributed by atoms with Gasteiger partial charge in [0.05, 0.1) is 33.8 Å². The highest BCUT2D eigenvalue weighted by Crippen LogP contribution is 2.38. The maximum Gasteiger partial charge on any atom is 0.306 e. The molecule has 0 aliphatic rings. The highest BCUT2D eigenvalue weighted by atomic mass is 31.2. The van der Waals surface area contributed by atoms with Crippen molar-refractivity contribution >= 4 is 19.7 Å². The zero-order chi connectivity index (χ0) is 52.9. The zero-order valence-electron chi connectivity index (χ0n) is 47.6. The summed E-state index contributed by atoms with van der Waals surface area (Å²) >= 11 is 0. The van der Waals surface area contributed by atoms with Gasteiger partial charge in [0.25, 0.3) is 7.82 Å². The monoisotopic (exact) mass is 1030 g/mol. The van der Waals surface area contributed by atoms with Crippen molar-refractivity contribution in [2.24, 2.45) is 0 Å². The van der Waals surface area contributed by atoms with Gasteiger partial charge in [-0.15, -0.1) is 0 Å². The average molecular weight is 1030 g/mol. The molecule has 9 nitrogen and oxygen atoms in total. The largest absolute Gasteiger partial charge is 0.756 e. The summed E-state index contributed by atoms with van der Waals surface area (Å²) in [7, 11) is 1.16.